The number of rotatable bonds is 3. The molecular formula is C10H19ClN2O. The third kappa shape index (κ3) is 2.61. The quantitative estimate of drug-likeness (QED) is 0.724. The summed E-state index contributed by atoms with van der Waals surface area (Å²) in [5, 5.41) is 0.114. The number of hydrogen-bond donors (Lipinski definition) is 1. The van der Waals surface area contributed by atoms with Crippen molar-refractivity contribution in [3.05, 3.63) is 0 Å². The summed E-state index contributed by atoms with van der Waals surface area (Å²) in [6, 6.07) is -0.359. The molecule has 1 saturated heterocycles. The van der Waals surface area contributed by atoms with Gasteiger partial charge in [-0.1, -0.05) is 20.3 Å². The van der Waals surface area contributed by atoms with Gasteiger partial charge in [-0.25, -0.2) is 0 Å². The molecule has 14 heavy (non-hydrogen) atoms. The predicted octanol–water partition coefficient (Wildman–Crippen LogP) is 1.20. The minimum Gasteiger partial charge on any atom is -0.340 e. The summed E-state index contributed by atoms with van der Waals surface area (Å²) in [7, 11) is 0. The highest BCUT2D eigenvalue weighted by atomic mass is 35.5. The zero-order valence-corrected chi connectivity index (χ0v) is 9.63. The van der Waals surface area contributed by atoms with E-state index in [2.05, 4.69) is 0 Å². The van der Waals surface area contributed by atoms with Crippen LogP contribution in [-0.4, -0.2) is 35.3 Å². The van der Waals surface area contributed by atoms with Gasteiger partial charge in [-0.3, -0.25) is 4.79 Å². The summed E-state index contributed by atoms with van der Waals surface area (Å²) in [6.45, 7) is 5.48. The first-order valence-corrected chi connectivity index (χ1v) is 5.68. The van der Waals surface area contributed by atoms with E-state index in [9.17, 15) is 4.79 Å². The Morgan fingerprint density at radius 3 is 2.79 bits per heavy atom. The second-order valence-corrected chi connectivity index (χ2v) is 4.70. The number of nitrogens with two attached hydrogens (primary N) is 1. The van der Waals surface area contributed by atoms with E-state index in [1.165, 1.54) is 0 Å². The minimum atomic E-state index is -0.359. The monoisotopic (exact) mass is 218 g/mol. The van der Waals surface area contributed by atoms with Crippen molar-refractivity contribution >= 4 is 17.5 Å². The van der Waals surface area contributed by atoms with E-state index in [0.717, 1.165) is 19.4 Å². The number of likely N-dealkylation sites (tertiary alicyclic amines) is 1. The summed E-state index contributed by atoms with van der Waals surface area (Å²) in [5.41, 5.74) is 5.86. The fourth-order valence-corrected chi connectivity index (χ4v) is 1.89. The molecule has 0 bridgehead atoms. The SMILES string of the molecule is CCC(C)C(N)C(=O)N1CCC(Cl)C1. The summed E-state index contributed by atoms with van der Waals surface area (Å²) in [4.78, 5) is 13.6. The maximum absolute atomic E-state index is 11.8. The van der Waals surface area contributed by atoms with Crippen molar-refractivity contribution in [2.75, 3.05) is 13.1 Å². The second-order valence-electron chi connectivity index (χ2n) is 4.08. The van der Waals surface area contributed by atoms with Crippen LogP contribution in [0.5, 0.6) is 0 Å². The van der Waals surface area contributed by atoms with Crippen molar-refractivity contribution in [1.82, 2.24) is 4.90 Å². The molecule has 1 rings (SSSR count). The summed E-state index contributed by atoms with van der Waals surface area (Å²) in [6.07, 6.45) is 1.82. The van der Waals surface area contributed by atoms with E-state index < -0.39 is 0 Å². The number of nitrogens with zero attached hydrogens (tertiary/aromatic N) is 1. The molecule has 0 saturated carbocycles. The van der Waals surface area contributed by atoms with Gasteiger partial charge in [-0.2, -0.15) is 0 Å². The summed E-state index contributed by atoms with van der Waals surface area (Å²) in [5.74, 6) is 0.305. The number of alkyl halides is 1. The molecule has 1 amide bonds. The van der Waals surface area contributed by atoms with Gasteiger partial charge in [0.15, 0.2) is 0 Å². The Morgan fingerprint density at radius 1 is 1.71 bits per heavy atom. The van der Waals surface area contributed by atoms with E-state index in [-0.39, 0.29) is 23.2 Å². The Balaban J connectivity index is 2.48. The Hall–Kier alpha value is -0.280. The van der Waals surface area contributed by atoms with Crippen LogP contribution in [0.25, 0.3) is 0 Å². The van der Waals surface area contributed by atoms with Crippen molar-refractivity contribution in [1.29, 1.82) is 0 Å². The van der Waals surface area contributed by atoms with Gasteiger partial charge in [0.1, 0.15) is 0 Å². The van der Waals surface area contributed by atoms with Crippen LogP contribution in [0.4, 0.5) is 0 Å². The highest BCUT2D eigenvalue weighted by Gasteiger charge is 2.29. The maximum Gasteiger partial charge on any atom is 0.239 e. The molecule has 1 aliphatic rings. The smallest absolute Gasteiger partial charge is 0.239 e. The maximum atomic E-state index is 11.8. The first-order chi connectivity index (χ1) is 6.56. The average molecular weight is 219 g/mol. The molecule has 4 heteroatoms. The van der Waals surface area contributed by atoms with E-state index in [4.69, 9.17) is 17.3 Å². The normalized spacial score (nSPS) is 26.3. The van der Waals surface area contributed by atoms with Gasteiger partial charge in [0.2, 0.25) is 5.91 Å². The van der Waals surface area contributed by atoms with Gasteiger partial charge in [0, 0.05) is 13.1 Å². The van der Waals surface area contributed by atoms with Gasteiger partial charge in [-0.05, 0) is 12.3 Å². The van der Waals surface area contributed by atoms with Gasteiger partial charge in [-0.15, -0.1) is 11.6 Å². The fourth-order valence-electron chi connectivity index (χ4n) is 1.63. The second kappa shape index (κ2) is 4.99. The van der Waals surface area contributed by atoms with Crippen LogP contribution in [0.15, 0.2) is 0 Å². The first-order valence-electron chi connectivity index (χ1n) is 5.24. The van der Waals surface area contributed by atoms with Gasteiger partial charge >= 0.3 is 0 Å². The lowest BCUT2D eigenvalue weighted by molar-refractivity contribution is -0.132. The van der Waals surface area contributed by atoms with Crippen LogP contribution in [0.3, 0.4) is 0 Å². The molecule has 82 valence electrons. The van der Waals surface area contributed by atoms with E-state index in [1.54, 1.807) is 4.90 Å². The molecule has 0 aromatic heterocycles. The molecule has 3 atom stereocenters. The average Bonchev–Trinajstić information content (AvgIpc) is 2.61. The van der Waals surface area contributed by atoms with E-state index in [0.29, 0.717) is 6.54 Å². The molecule has 3 nitrogen and oxygen atoms in total. The highest BCUT2D eigenvalue weighted by molar-refractivity contribution is 6.21. The van der Waals surface area contributed by atoms with Gasteiger partial charge < -0.3 is 10.6 Å². The van der Waals surface area contributed by atoms with Crippen molar-refractivity contribution in [3.8, 4) is 0 Å². The summed E-state index contributed by atoms with van der Waals surface area (Å²) < 4.78 is 0. The molecule has 2 N–H and O–H groups in total. The topological polar surface area (TPSA) is 46.3 Å². The van der Waals surface area contributed by atoms with Gasteiger partial charge in [0.05, 0.1) is 11.4 Å². The van der Waals surface area contributed by atoms with E-state index in [1.807, 2.05) is 13.8 Å². The number of carbonyl (C=O) groups excluding carboxylic acids is 1. The van der Waals surface area contributed by atoms with Crippen molar-refractivity contribution < 1.29 is 4.79 Å². The van der Waals surface area contributed by atoms with Crippen LogP contribution >= 0.6 is 11.6 Å². The molecule has 1 fully saturated rings. The van der Waals surface area contributed by atoms with E-state index >= 15 is 0 Å². The minimum absolute atomic E-state index is 0.0579. The Morgan fingerprint density at radius 2 is 2.36 bits per heavy atom. The lowest BCUT2D eigenvalue weighted by atomic mass is 9.99. The van der Waals surface area contributed by atoms with Crippen LogP contribution in [0.1, 0.15) is 26.7 Å². The number of carbonyl (C=O) groups is 1. The lowest BCUT2D eigenvalue weighted by Gasteiger charge is -2.23. The molecule has 0 spiro atoms. The molecule has 0 aromatic carbocycles. The van der Waals surface area contributed by atoms with Gasteiger partial charge in [0.25, 0.3) is 0 Å². The zero-order valence-electron chi connectivity index (χ0n) is 8.87. The standard InChI is InChI=1S/C10H19ClN2O/c1-3-7(2)9(12)10(14)13-5-4-8(11)6-13/h7-9H,3-6,12H2,1-2H3. The molecule has 1 aliphatic heterocycles. The Bertz CT molecular complexity index is 206. The first kappa shape index (κ1) is 11.8. The predicted molar refractivity (Wildman–Crippen MR) is 58.3 cm³/mol. The summed E-state index contributed by atoms with van der Waals surface area (Å²) >= 11 is 5.93. The van der Waals surface area contributed by atoms with Crippen molar-refractivity contribution in [2.45, 2.75) is 38.1 Å². The number of hydrogen-bond acceptors (Lipinski definition) is 2. The van der Waals surface area contributed by atoms with Crippen molar-refractivity contribution in [3.63, 3.8) is 0 Å². The number of halogens is 1. The highest BCUT2D eigenvalue weighted by Crippen LogP contribution is 2.17. The molecule has 0 aliphatic carbocycles. The lowest BCUT2D eigenvalue weighted by Crippen LogP contribution is -2.46. The largest absolute Gasteiger partial charge is 0.340 e. The molecular weight excluding hydrogens is 200 g/mol. The Labute approximate surface area is 90.6 Å². The van der Waals surface area contributed by atoms with Crippen LogP contribution < -0.4 is 5.73 Å². The molecule has 3 unspecified atom stereocenters. The van der Waals surface area contributed by atoms with Crippen molar-refractivity contribution in [2.24, 2.45) is 11.7 Å². The molecule has 0 aromatic rings. The van der Waals surface area contributed by atoms with Crippen LogP contribution in [-0.2, 0) is 4.79 Å². The molecule has 0 radical (unpaired) electrons. The number of amides is 1. The zero-order chi connectivity index (χ0) is 10.7. The van der Waals surface area contributed by atoms with Crippen LogP contribution in [0, 0.1) is 5.92 Å². The Kier molecular flexibility index (Phi) is 4.20. The third-order valence-electron chi connectivity index (χ3n) is 2.98. The third-order valence-corrected chi connectivity index (χ3v) is 3.34. The molecule has 1 heterocycles. The fraction of sp³-hybridized carbons (Fsp3) is 0.900. The van der Waals surface area contributed by atoms with Crippen LogP contribution in [0.2, 0.25) is 0 Å².